The van der Waals surface area contributed by atoms with Gasteiger partial charge in [-0.05, 0) is 44.5 Å². The van der Waals surface area contributed by atoms with Gasteiger partial charge in [-0.1, -0.05) is 0 Å². The van der Waals surface area contributed by atoms with E-state index < -0.39 is 0 Å². The molecule has 6 nitrogen and oxygen atoms in total. The van der Waals surface area contributed by atoms with Crippen molar-refractivity contribution in [2.45, 2.75) is 27.3 Å². The van der Waals surface area contributed by atoms with Crippen LogP contribution < -0.4 is 10.1 Å². The third-order valence-electron chi connectivity index (χ3n) is 3.50. The van der Waals surface area contributed by atoms with Crippen molar-refractivity contribution in [3.8, 4) is 16.6 Å². The Bertz CT molecular complexity index is 885. The van der Waals surface area contributed by atoms with Crippen molar-refractivity contribution in [1.29, 1.82) is 0 Å². The largest absolute Gasteiger partial charge is 0.478 e. The molecular weight excluding hydrogens is 338 g/mol. The molecule has 0 bridgehead atoms. The number of thiazole rings is 1. The van der Waals surface area contributed by atoms with Gasteiger partial charge in [0.05, 0.1) is 12.3 Å². The van der Waals surface area contributed by atoms with Crippen LogP contribution in [0.1, 0.15) is 33.6 Å². The quantitative estimate of drug-likeness (QED) is 0.727. The molecule has 0 radical (unpaired) electrons. The standard InChI is InChI=1S/C18H19N3O3S/c1-4-23-15-9-13(7-8-19-15)10-20-17(22)16-12(3)21-18(25-16)14-6-5-11(2)24-14/h5-9H,4,10H2,1-3H3,(H,20,22). The zero-order valence-electron chi connectivity index (χ0n) is 14.3. The molecule has 3 aromatic rings. The molecule has 3 aromatic heterocycles. The summed E-state index contributed by atoms with van der Waals surface area (Å²) >= 11 is 1.33. The second-order valence-electron chi connectivity index (χ2n) is 5.46. The van der Waals surface area contributed by atoms with Crippen molar-refractivity contribution in [2.75, 3.05) is 6.61 Å². The molecule has 0 aliphatic rings. The van der Waals surface area contributed by atoms with Crippen LogP contribution in [0.3, 0.4) is 0 Å². The number of rotatable bonds is 6. The molecule has 3 heterocycles. The number of amides is 1. The molecule has 3 rings (SSSR count). The maximum atomic E-state index is 12.5. The van der Waals surface area contributed by atoms with Gasteiger partial charge in [0.1, 0.15) is 10.6 Å². The van der Waals surface area contributed by atoms with Crippen LogP contribution in [-0.4, -0.2) is 22.5 Å². The van der Waals surface area contributed by atoms with Crippen LogP contribution >= 0.6 is 11.3 Å². The predicted molar refractivity (Wildman–Crippen MR) is 95.9 cm³/mol. The van der Waals surface area contributed by atoms with Gasteiger partial charge in [-0.25, -0.2) is 9.97 Å². The number of ether oxygens (including phenoxy) is 1. The lowest BCUT2D eigenvalue weighted by Crippen LogP contribution is -2.22. The normalized spacial score (nSPS) is 10.7. The minimum atomic E-state index is -0.153. The Kier molecular flexibility index (Phi) is 5.14. The van der Waals surface area contributed by atoms with E-state index in [-0.39, 0.29) is 5.91 Å². The smallest absolute Gasteiger partial charge is 0.263 e. The van der Waals surface area contributed by atoms with Gasteiger partial charge in [0.25, 0.3) is 5.91 Å². The fourth-order valence-corrected chi connectivity index (χ4v) is 3.26. The summed E-state index contributed by atoms with van der Waals surface area (Å²) in [6.45, 7) is 6.56. The van der Waals surface area contributed by atoms with Crippen LogP contribution in [0.25, 0.3) is 10.8 Å². The van der Waals surface area contributed by atoms with Gasteiger partial charge in [0.2, 0.25) is 5.88 Å². The summed E-state index contributed by atoms with van der Waals surface area (Å²) < 4.78 is 10.9. The third-order valence-corrected chi connectivity index (χ3v) is 4.67. The Balaban J connectivity index is 1.69. The number of hydrogen-bond acceptors (Lipinski definition) is 6. The first-order valence-electron chi connectivity index (χ1n) is 7.97. The number of furan rings is 1. The Labute approximate surface area is 149 Å². The molecule has 0 saturated heterocycles. The topological polar surface area (TPSA) is 77.2 Å². The summed E-state index contributed by atoms with van der Waals surface area (Å²) in [4.78, 5) is 21.6. The fraction of sp³-hybridized carbons (Fsp3) is 0.278. The second kappa shape index (κ2) is 7.48. The monoisotopic (exact) mass is 357 g/mol. The van der Waals surface area contributed by atoms with Crippen molar-refractivity contribution in [3.63, 3.8) is 0 Å². The van der Waals surface area contributed by atoms with E-state index in [0.29, 0.717) is 40.4 Å². The van der Waals surface area contributed by atoms with E-state index in [1.54, 1.807) is 6.20 Å². The summed E-state index contributed by atoms with van der Waals surface area (Å²) in [6, 6.07) is 7.41. The summed E-state index contributed by atoms with van der Waals surface area (Å²) in [5.41, 5.74) is 1.62. The van der Waals surface area contributed by atoms with E-state index in [1.165, 1.54) is 11.3 Å². The average molecular weight is 357 g/mol. The van der Waals surface area contributed by atoms with Gasteiger partial charge >= 0.3 is 0 Å². The predicted octanol–water partition coefficient (Wildman–Crippen LogP) is 3.74. The van der Waals surface area contributed by atoms with Crippen molar-refractivity contribution in [3.05, 3.63) is 52.4 Å². The molecule has 7 heteroatoms. The van der Waals surface area contributed by atoms with Crippen LogP contribution in [0.5, 0.6) is 5.88 Å². The lowest BCUT2D eigenvalue weighted by atomic mass is 10.2. The fourth-order valence-electron chi connectivity index (χ4n) is 2.31. The highest BCUT2D eigenvalue weighted by Crippen LogP contribution is 2.29. The van der Waals surface area contributed by atoms with Crippen LogP contribution in [0, 0.1) is 13.8 Å². The third kappa shape index (κ3) is 4.06. The molecule has 25 heavy (non-hydrogen) atoms. The Morgan fingerprint density at radius 1 is 1.32 bits per heavy atom. The highest BCUT2D eigenvalue weighted by Gasteiger charge is 2.17. The summed E-state index contributed by atoms with van der Waals surface area (Å²) in [5.74, 6) is 1.90. The van der Waals surface area contributed by atoms with Crippen molar-refractivity contribution in [1.82, 2.24) is 15.3 Å². The summed E-state index contributed by atoms with van der Waals surface area (Å²) in [5, 5.41) is 3.62. The minimum absolute atomic E-state index is 0.153. The summed E-state index contributed by atoms with van der Waals surface area (Å²) in [7, 11) is 0. The molecule has 0 atom stereocenters. The van der Waals surface area contributed by atoms with Gasteiger partial charge in [-0.15, -0.1) is 11.3 Å². The Morgan fingerprint density at radius 2 is 2.16 bits per heavy atom. The van der Waals surface area contributed by atoms with Crippen LogP contribution in [-0.2, 0) is 6.54 Å². The number of aryl methyl sites for hydroxylation is 2. The number of nitrogens with zero attached hydrogens (tertiary/aromatic N) is 2. The van der Waals surface area contributed by atoms with Crippen LogP contribution in [0.2, 0.25) is 0 Å². The molecule has 0 spiro atoms. The van der Waals surface area contributed by atoms with E-state index in [9.17, 15) is 4.79 Å². The Hall–Kier alpha value is -2.67. The van der Waals surface area contributed by atoms with Gasteiger partial charge in [0.15, 0.2) is 10.8 Å². The maximum absolute atomic E-state index is 12.5. The summed E-state index contributed by atoms with van der Waals surface area (Å²) in [6.07, 6.45) is 1.67. The number of hydrogen-bond donors (Lipinski definition) is 1. The minimum Gasteiger partial charge on any atom is -0.478 e. The van der Waals surface area contributed by atoms with Crippen LogP contribution in [0.15, 0.2) is 34.9 Å². The molecule has 0 unspecified atom stereocenters. The van der Waals surface area contributed by atoms with Crippen molar-refractivity contribution >= 4 is 17.2 Å². The van der Waals surface area contributed by atoms with E-state index in [1.807, 2.05) is 45.0 Å². The highest BCUT2D eigenvalue weighted by molar-refractivity contribution is 7.17. The SMILES string of the molecule is CCOc1cc(CNC(=O)c2sc(-c3ccc(C)o3)nc2C)ccn1. The Morgan fingerprint density at radius 3 is 2.88 bits per heavy atom. The number of pyridine rings is 1. The van der Waals surface area contributed by atoms with E-state index in [2.05, 4.69) is 15.3 Å². The van der Waals surface area contributed by atoms with Gasteiger partial charge < -0.3 is 14.5 Å². The molecular formula is C18H19N3O3S. The molecule has 130 valence electrons. The number of aromatic nitrogens is 2. The van der Waals surface area contributed by atoms with Gasteiger partial charge in [-0.2, -0.15) is 0 Å². The number of carbonyl (C=O) groups excluding carboxylic acids is 1. The lowest BCUT2D eigenvalue weighted by Gasteiger charge is -2.06. The highest BCUT2D eigenvalue weighted by atomic mass is 32.1. The van der Waals surface area contributed by atoms with Crippen LogP contribution in [0.4, 0.5) is 0 Å². The first kappa shape index (κ1) is 17.2. The van der Waals surface area contributed by atoms with Crippen molar-refractivity contribution in [2.24, 2.45) is 0 Å². The van der Waals surface area contributed by atoms with Crippen molar-refractivity contribution < 1.29 is 13.9 Å². The molecule has 0 fully saturated rings. The molecule has 0 saturated carbocycles. The molecule has 0 aromatic carbocycles. The first-order chi connectivity index (χ1) is 12.1. The molecule has 1 amide bonds. The van der Waals surface area contributed by atoms with Gasteiger partial charge in [-0.3, -0.25) is 4.79 Å². The first-order valence-corrected chi connectivity index (χ1v) is 8.78. The zero-order valence-corrected chi connectivity index (χ0v) is 15.1. The second-order valence-corrected chi connectivity index (χ2v) is 6.46. The van der Waals surface area contributed by atoms with E-state index in [0.717, 1.165) is 11.3 Å². The molecule has 1 N–H and O–H groups in total. The number of nitrogens with one attached hydrogen (secondary N) is 1. The maximum Gasteiger partial charge on any atom is 0.263 e. The molecule has 0 aliphatic heterocycles. The van der Waals surface area contributed by atoms with E-state index in [4.69, 9.17) is 9.15 Å². The average Bonchev–Trinajstić information content (AvgIpc) is 3.19. The van der Waals surface area contributed by atoms with E-state index >= 15 is 0 Å². The van der Waals surface area contributed by atoms with Gasteiger partial charge in [0, 0.05) is 18.8 Å². The molecule has 0 aliphatic carbocycles. The number of carbonyl (C=O) groups is 1. The zero-order chi connectivity index (χ0) is 17.8. The lowest BCUT2D eigenvalue weighted by molar-refractivity contribution is 0.0954.